The van der Waals surface area contributed by atoms with Gasteiger partial charge in [-0.25, -0.2) is 8.42 Å². The summed E-state index contributed by atoms with van der Waals surface area (Å²) in [5, 5.41) is 14.1. The number of hydrogen-bond acceptors (Lipinski definition) is 7. The number of nitrogens with one attached hydrogen (secondary N) is 1. The number of non-ortho nitro benzene ring substituents is 1. The molecule has 0 saturated carbocycles. The third kappa shape index (κ3) is 7.07. The van der Waals surface area contributed by atoms with E-state index in [0.29, 0.717) is 12.2 Å². The van der Waals surface area contributed by atoms with E-state index in [2.05, 4.69) is 5.32 Å². The van der Waals surface area contributed by atoms with Crippen LogP contribution in [0.2, 0.25) is 0 Å². The van der Waals surface area contributed by atoms with Crippen molar-refractivity contribution in [3.05, 3.63) is 58.1 Å². The van der Waals surface area contributed by atoms with E-state index in [1.165, 1.54) is 19.2 Å². The van der Waals surface area contributed by atoms with Crippen molar-refractivity contribution < 1.29 is 27.6 Å². The average molecular weight is 480 g/mol. The number of nitrogens with zero attached hydrogens (tertiary/aromatic N) is 2. The molecule has 0 radical (unpaired) electrons. The van der Waals surface area contributed by atoms with Crippen LogP contribution in [0.4, 0.5) is 11.4 Å². The van der Waals surface area contributed by atoms with Gasteiger partial charge in [-0.05, 0) is 36.1 Å². The largest absolute Gasteiger partial charge is 0.497 e. The minimum absolute atomic E-state index is 0.0887. The molecule has 0 aromatic heterocycles. The highest BCUT2D eigenvalue weighted by molar-refractivity contribution is 7.92. The summed E-state index contributed by atoms with van der Waals surface area (Å²) in [6.07, 6.45) is 1.55. The number of methoxy groups -OCH3 is 2. The zero-order valence-corrected chi connectivity index (χ0v) is 20.1. The number of nitro benzene ring substituents is 1. The standard InChI is InChI=1S/C22H29N3O7S/c1-15(2)12-19(16-6-9-18(31-3)10-7-16)23-22(26)14-24(33(5,29)30)20-13-17(25(27)28)8-11-21(20)32-4/h6-11,13,15,19H,12,14H2,1-5H3,(H,23,26)/t19-/m0/s1. The van der Waals surface area contributed by atoms with Crippen molar-refractivity contribution in [2.24, 2.45) is 5.92 Å². The highest BCUT2D eigenvalue weighted by Crippen LogP contribution is 2.33. The van der Waals surface area contributed by atoms with Crippen LogP contribution in [0.15, 0.2) is 42.5 Å². The molecule has 0 aliphatic heterocycles. The molecule has 0 bridgehead atoms. The molecule has 0 fully saturated rings. The Morgan fingerprint density at radius 3 is 2.24 bits per heavy atom. The molecule has 0 heterocycles. The summed E-state index contributed by atoms with van der Waals surface area (Å²) in [5.74, 6) is 0.456. The van der Waals surface area contributed by atoms with Crippen LogP contribution in [-0.2, 0) is 14.8 Å². The predicted octanol–water partition coefficient (Wildman–Crippen LogP) is 3.28. The molecule has 33 heavy (non-hydrogen) atoms. The summed E-state index contributed by atoms with van der Waals surface area (Å²) < 4.78 is 36.2. The lowest BCUT2D eigenvalue weighted by molar-refractivity contribution is -0.384. The van der Waals surface area contributed by atoms with Crippen molar-refractivity contribution in [2.75, 3.05) is 31.3 Å². The monoisotopic (exact) mass is 479 g/mol. The van der Waals surface area contributed by atoms with Gasteiger partial charge in [-0.2, -0.15) is 0 Å². The molecule has 1 N–H and O–H groups in total. The fraction of sp³-hybridized carbons (Fsp3) is 0.409. The van der Waals surface area contributed by atoms with Gasteiger partial charge < -0.3 is 14.8 Å². The molecule has 0 saturated heterocycles. The van der Waals surface area contributed by atoms with E-state index in [-0.39, 0.29) is 29.1 Å². The Balaban J connectivity index is 2.36. The van der Waals surface area contributed by atoms with Crippen molar-refractivity contribution in [3.63, 3.8) is 0 Å². The van der Waals surface area contributed by atoms with Crippen molar-refractivity contribution in [2.45, 2.75) is 26.3 Å². The number of carbonyl (C=O) groups excluding carboxylic acids is 1. The van der Waals surface area contributed by atoms with Gasteiger partial charge in [0.25, 0.3) is 5.69 Å². The normalized spacial score (nSPS) is 12.2. The maximum absolute atomic E-state index is 13.0. The van der Waals surface area contributed by atoms with Gasteiger partial charge in [-0.3, -0.25) is 19.2 Å². The molecule has 0 unspecified atom stereocenters. The van der Waals surface area contributed by atoms with Gasteiger partial charge in [-0.15, -0.1) is 0 Å². The highest BCUT2D eigenvalue weighted by Gasteiger charge is 2.27. The molecule has 2 aromatic carbocycles. The van der Waals surface area contributed by atoms with Crippen molar-refractivity contribution >= 4 is 27.3 Å². The van der Waals surface area contributed by atoms with Crippen LogP contribution in [0.1, 0.15) is 31.9 Å². The Labute approximate surface area is 193 Å². The van der Waals surface area contributed by atoms with Crippen molar-refractivity contribution in [3.8, 4) is 11.5 Å². The second kappa shape index (κ2) is 11.0. The van der Waals surface area contributed by atoms with E-state index < -0.39 is 27.4 Å². The molecule has 2 aromatic rings. The van der Waals surface area contributed by atoms with Crippen LogP contribution in [0.25, 0.3) is 0 Å². The zero-order chi connectivity index (χ0) is 24.8. The SMILES string of the molecule is COc1ccc([C@H](CC(C)C)NC(=O)CN(c2cc([N+](=O)[O-])ccc2OC)S(C)(=O)=O)cc1. The fourth-order valence-electron chi connectivity index (χ4n) is 3.32. The Morgan fingerprint density at radius 2 is 1.76 bits per heavy atom. The molecule has 10 nitrogen and oxygen atoms in total. The molecule has 180 valence electrons. The van der Waals surface area contributed by atoms with Crippen LogP contribution in [0.3, 0.4) is 0 Å². The Kier molecular flexibility index (Phi) is 8.63. The first-order valence-corrected chi connectivity index (χ1v) is 12.0. The second-order valence-corrected chi connectivity index (χ2v) is 9.81. The number of rotatable bonds is 11. The number of nitro groups is 1. The first-order chi connectivity index (χ1) is 15.5. The van der Waals surface area contributed by atoms with Crippen LogP contribution < -0.4 is 19.1 Å². The maximum Gasteiger partial charge on any atom is 0.271 e. The van der Waals surface area contributed by atoms with Gasteiger partial charge in [0.2, 0.25) is 15.9 Å². The van der Waals surface area contributed by atoms with E-state index in [0.717, 1.165) is 22.2 Å². The lowest BCUT2D eigenvalue weighted by Gasteiger charge is -2.26. The van der Waals surface area contributed by atoms with Gasteiger partial charge in [0.1, 0.15) is 23.7 Å². The average Bonchev–Trinajstić information content (AvgIpc) is 2.75. The van der Waals surface area contributed by atoms with Crippen molar-refractivity contribution in [1.82, 2.24) is 5.32 Å². The quantitative estimate of drug-likeness (QED) is 0.387. The predicted molar refractivity (Wildman–Crippen MR) is 125 cm³/mol. The van der Waals surface area contributed by atoms with E-state index >= 15 is 0 Å². The molecule has 2 rings (SSSR count). The smallest absolute Gasteiger partial charge is 0.271 e. The van der Waals surface area contributed by atoms with E-state index in [1.807, 2.05) is 26.0 Å². The summed E-state index contributed by atoms with van der Waals surface area (Å²) in [5.41, 5.74) is 0.432. The molecule has 11 heteroatoms. The fourth-order valence-corrected chi connectivity index (χ4v) is 4.18. The van der Waals surface area contributed by atoms with E-state index in [4.69, 9.17) is 9.47 Å². The topological polar surface area (TPSA) is 128 Å². The summed E-state index contributed by atoms with van der Waals surface area (Å²) >= 11 is 0. The molecule has 1 atom stereocenters. The second-order valence-electron chi connectivity index (χ2n) is 7.91. The Morgan fingerprint density at radius 1 is 1.12 bits per heavy atom. The van der Waals surface area contributed by atoms with Gasteiger partial charge in [-0.1, -0.05) is 26.0 Å². The number of carbonyl (C=O) groups is 1. The van der Waals surface area contributed by atoms with Gasteiger partial charge >= 0.3 is 0 Å². The summed E-state index contributed by atoms with van der Waals surface area (Å²) in [6, 6.07) is 10.4. The molecule has 1 amide bonds. The van der Waals surface area contributed by atoms with Gasteiger partial charge in [0.15, 0.2) is 0 Å². The zero-order valence-electron chi connectivity index (χ0n) is 19.3. The number of benzene rings is 2. The van der Waals surface area contributed by atoms with Crippen LogP contribution in [0, 0.1) is 16.0 Å². The molecule has 0 spiro atoms. The minimum Gasteiger partial charge on any atom is -0.497 e. The first-order valence-electron chi connectivity index (χ1n) is 10.2. The molecule has 0 aliphatic carbocycles. The lowest BCUT2D eigenvalue weighted by Crippen LogP contribution is -2.42. The minimum atomic E-state index is -3.97. The highest BCUT2D eigenvalue weighted by atomic mass is 32.2. The summed E-state index contributed by atoms with van der Waals surface area (Å²) in [4.78, 5) is 23.5. The summed E-state index contributed by atoms with van der Waals surface area (Å²) in [6.45, 7) is 3.46. The van der Waals surface area contributed by atoms with Gasteiger partial charge in [0, 0.05) is 12.1 Å². The third-order valence-electron chi connectivity index (χ3n) is 4.89. The van der Waals surface area contributed by atoms with Crippen LogP contribution in [0.5, 0.6) is 11.5 Å². The Hall–Kier alpha value is -3.34. The lowest BCUT2D eigenvalue weighted by atomic mass is 9.97. The maximum atomic E-state index is 13.0. The molecular weight excluding hydrogens is 450 g/mol. The van der Waals surface area contributed by atoms with Crippen LogP contribution in [-0.4, -0.2) is 46.3 Å². The molecular formula is C22H29N3O7S. The number of ether oxygens (including phenoxy) is 2. The summed E-state index contributed by atoms with van der Waals surface area (Å²) in [7, 11) is -1.09. The number of sulfonamides is 1. The number of anilines is 1. The number of hydrogen-bond donors (Lipinski definition) is 1. The third-order valence-corrected chi connectivity index (χ3v) is 6.02. The first kappa shape index (κ1) is 25.9. The number of amides is 1. The molecule has 0 aliphatic rings. The van der Waals surface area contributed by atoms with Crippen LogP contribution >= 0.6 is 0 Å². The van der Waals surface area contributed by atoms with Crippen molar-refractivity contribution in [1.29, 1.82) is 0 Å². The van der Waals surface area contributed by atoms with Gasteiger partial charge in [0.05, 0.1) is 31.4 Å². The van der Waals surface area contributed by atoms with E-state index in [1.54, 1.807) is 19.2 Å². The van der Waals surface area contributed by atoms with E-state index in [9.17, 15) is 23.3 Å². The Bertz CT molecular complexity index is 1090.